The molecule has 2 aromatic carbocycles. The molecule has 0 spiro atoms. The van der Waals surface area contributed by atoms with Crippen LogP contribution in [0.2, 0.25) is 0 Å². The zero-order valence-corrected chi connectivity index (χ0v) is 12.0. The molecule has 1 aliphatic rings. The maximum Gasteiger partial charge on any atom is 0.357 e. The van der Waals surface area contributed by atoms with Gasteiger partial charge in [0.25, 0.3) is 0 Å². The number of carbonyl (C=O) groups is 2. The third-order valence-corrected chi connectivity index (χ3v) is 3.46. The second kappa shape index (κ2) is 5.99. The first kappa shape index (κ1) is 14.3. The second-order valence-corrected chi connectivity index (χ2v) is 4.98. The van der Waals surface area contributed by atoms with Crippen molar-refractivity contribution in [3.8, 4) is 0 Å². The molecule has 2 atom stereocenters. The molecule has 3 rings (SSSR count). The standard InChI is InChI=1S/C17H15NO4/c1-12-16(19)21-15(13-8-4-2-5-9-13)18(12)22-17(20)14-10-6-3-7-11-14/h2-12,15H,1H3. The Labute approximate surface area is 128 Å². The second-order valence-electron chi connectivity index (χ2n) is 4.98. The lowest BCUT2D eigenvalue weighted by Crippen LogP contribution is -2.34. The van der Waals surface area contributed by atoms with Gasteiger partial charge in [0.05, 0.1) is 5.56 Å². The van der Waals surface area contributed by atoms with Crippen LogP contribution in [-0.4, -0.2) is 23.0 Å². The molecule has 2 aromatic rings. The molecule has 1 fully saturated rings. The number of carbonyl (C=O) groups excluding carboxylic acids is 2. The molecule has 0 aromatic heterocycles. The minimum absolute atomic E-state index is 0.417. The van der Waals surface area contributed by atoms with Crippen molar-refractivity contribution >= 4 is 11.9 Å². The van der Waals surface area contributed by atoms with E-state index in [1.807, 2.05) is 36.4 Å². The van der Waals surface area contributed by atoms with Gasteiger partial charge < -0.3 is 9.57 Å². The average molecular weight is 297 g/mol. The van der Waals surface area contributed by atoms with Crippen LogP contribution in [0.3, 0.4) is 0 Å². The van der Waals surface area contributed by atoms with Crippen molar-refractivity contribution in [2.45, 2.75) is 19.2 Å². The molecule has 0 bridgehead atoms. The number of hydrogen-bond donors (Lipinski definition) is 0. The molecule has 1 aliphatic heterocycles. The Kier molecular flexibility index (Phi) is 3.89. The lowest BCUT2D eigenvalue weighted by atomic mass is 10.2. The summed E-state index contributed by atoms with van der Waals surface area (Å²) in [6.07, 6.45) is -0.726. The van der Waals surface area contributed by atoms with Crippen LogP contribution in [0.15, 0.2) is 60.7 Å². The van der Waals surface area contributed by atoms with Gasteiger partial charge in [-0.15, -0.1) is 0 Å². The summed E-state index contributed by atoms with van der Waals surface area (Å²) in [5.74, 6) is -0.943. The van der Waals surface area contributed by atoms with Gasteiger partial charge >= 0.3 is 11.9 Å². The number of ether oxygens (including phenoxy) is 1. The summed E-state index contributed by atoms with van der Waals surface area (Å²) in [7, 11) is 0. The molecule has 0 N–H and O–H groups in total. The number of esters is 1. The number of cyclic esters (lactones) is 1. The molecule has 2 unspecified atom stereocenters. The Morgan fingerprint density at radius 2 is 1.64 bits per heavy atom. The van der Waals surface area contributed by atoms with E-state index in [1.165, 1.54) is 5.06 Å². The molecule has 5 heteroatoms. The highest BCUT2D eigenvalue weighted by molar-refractivity contribution is 5.89. The highest BCUT2D eigenvalue weighted by Gasteiger charge is 2.43. The minimum Gasteiger partial charge on any atom is -0.438 e. The number of rotatable bonds is 3. The van der Waals surface area contributed by atoms with Crippen LogP contribution in [0, 0.1) is 0 Å². The molecule has 1 saturated heterocycles. The predicted octanol–water partition coefficient (Wildman–Crippen LogP) is 2.70. The first-order valence-corrected chi connectivity index (χ1v) is 6.98. The normalized spacial score (nSPS) is 21.4. The lowest BCUT2D eigenvalue weighted by molar-refractivity contribution is -0.177. The SMILES string of the molecule is CC1C(=O)OC(c2ccccc2)N1OC(=O)c1ccccc1. The molecule has 5 nitrogen and oxygen atoms in total. The fourth-order valence-electron chi connectivity index (χ4n) is 2.25. The fraction of sp³-hybridized carbons (Fsp3) is 0.176. The van der Waals surface area contributed by atoms with Crippen LogP contribution in [0.1, 0.15) is 29.1 Å². The van der Waals surface area contributed by atoms with Crippen LogP contribution in [0.5, 0.6) is 0 Å². The van der Waals surface area contributed by atoms with Gasteiger partial charge in [-0.25, -0.2) is 4.79 Å². The van der Waals surface area contributed by atoms with Gasteiger partial charge in [0.15, 0.2) is 0 Å². The molecular weight excluding hydrogens is 282 g/mol. The number of hydroxylamine groups is 2. The molecular formula is C17H15NO4. The Morgan fingerprint density at radius 1 is 1.05 bits per heavy atom. The maximum atomic E-state index is 12.2. The Morgan fingerprint density at radius 3 is 2.27 bits per heavy atom. The zero-order valence-electron chi connectivity index (χ0n) is 12.0. The van der Waals surface area contributed by atoms with Crippen LogP contribution in [0.4, 0.5) is 0 Å². The quantitative estimate of drug-likeness (QED) is 0.815. The third-order valence-electron chi connectivity index (χ3n) is 3.46. The van der Waals surface area contributed by atoms with E-state index in [4.69, 9.17) is 9.57 Å². The van der Waals surface area contributed by atoms with Gasteiger partial charge in [0.2, 0.25) is 6.23 Å². The Hall–Kier alpha value is -2.66. The van der Waals surface area contributed by atoms with E-state index in [9.17, 15) is 9.59 Å². The summed E-state index contributed by atoms with van der Waals surface area (Å²) in [5.41, 5.74) is 1.17. The van der Waals surface area contributed by atoms with Crippen LogP contribution in [0.25, 0.3) is 0 Å². The van der Waals surface area contributed by atoms with Crippen molar-refractivity contribution in [3.63, 3.8) is 0 Å². The molecule has 0 saturated carbocycles. The maximum absolute atomic E-state index is 12.2. The molecule has 112 valence electrons. The molecule has 1 heterocycles. The summed E-state index contributed by atoms with van der Waals surface area (Å²) in [6.45, 7) is 1.64. The van der Waals surface area contributed by atoms with Crippen LogP contribution in [-0.2, 0) is 14.4 Å². The first-order valence-electron chi connectivity index (χ1n) is 6.98. The summed E-state index contributed by atoms with van der Waals surface area (Å²) < 4.78 is 5.32. The Balaban J connectivity index is 1.83. The molecule has 0 radical (unpaired) electrons. The van der Waals surface area contributed by atoms with E-state index in [1.54, 1.807) is 31.2 Å². The minimum atomic E-state index is -0.726. The highest BCUT2D eigenvalue weighted by Crippen LogP contribution is 2.32. The van der Waals surface area contributed by atoms with Crippen molar-refractivity contribution in [2.75, 3.05) is 0 Å². The smallest absolute Gasteiger partial charge is 0.357 e. The third kappa shape index (κ3) is 2.71. The summed E-state index contributed by atoms with van der Waals surface area (Å²) in [6, 6.07) is 17.1. The molecule has 22 heavy (non-hydrogen) atoms. The lowest BCUT2D eigenvalue weighted by Gasteiger charge is -2.23. The zero-order chi connectivity index (χ0) is 15.5. The monoisotopic (exact) mass is 297 g/mol. The van der Waals surface area contributed by atoms with E-state index in [0.29, 0.717) is 5.56 Å². The molecule has 0 aliphatic carbocycles. The van der Waals surface area contributed by atoms with Crippen molar-refractivity contribution in [1.82, 2.24) is 5.06 Å². The van der Waals surface area contributed by atoms with Crippen molar-refractivity contribution in [3.05, 3.63) is 71.8 Å². The van der Waals surface area contributed by atoms with Gasteiger partial charge in [-0.1, -0.05) is 53.6 Å². The van der Waals surface area contributed by atoms with E-state index in [2.05, 4.69) is 0 Å². The average Bonchev–Trinajstić information content (AvgIpc) is 2.85. The van der Waals surface area contributed by atoms with E-state index in [0.717, 1.165) is 5.56 Å². The van der Waals surface area contributed by atoms with E-state index < -0.39 is 24.2 Å². The largest absolute Gasteiger partial charge is 0.438 e. The van der Waals surface area contributed by atoms with Gasteiger partial charge in [-0.3, -0.25) is 4.79 Å². The fourth-order valence-corrected chi connectivity index (χ4v) is 2.25. The van der Waals surface area contributed by atoms with E-state index >= 15 is 0 Å². The van der Waals surface area contributed by atoms with Gasteiger partial charge in [0, 0.05) is 5.56 Å². The Bertz CT molecular complexity index is 672. The van der Waals surface area contributed by atoms with Crippen molar-refractivity contribution in [2.24, 2.45) is 0 Å². The van der Waals surface area contributed by atoms with Crippen LogP contribution < -0.4 is 0 Å². The number of hydrogen-bond acceptors (Lipinski definition) is 5. The van der Waals surface area contributed by atoms with E-state index in [-0.39, 0.29) is 0 Å². The number of benzene rings is 2. The van der Waals surface area contributed by atoms with Gasteiger partial charge in [0.1, 0.15) is 6.04 Å². The van der Waals surface area contributed by atoms with Gasteiger partial charge in [-0.05, 0) is 19.1 Å². The molecule has 0 amide bonds. The number of nitrogens with zero attached hydrogens (tertiary/aromatic N) is 1. The van der Waals surface area contributed by atoms with Crippen molar-refractivity contribution < 1.29 is 19.2 Å². The highest BCUT2D eigenvalue weighted by atomic mass is 16.8. The van der Waals surface area contributed by atoms with Crippen molar-refractivity contribution in [1.29, 1.82) is 0 Å². The summed E-state index contributed by atoms with van der Waals surface area (Å²) in [4.78, 5) is 29.4. The summed E-state index contributed by atoms with van der Waals surface area (Å²) in [5, 5.41) is 1.30. The predicted molar refractivity (Wildman–Crippen MR) is 78.4 cm³/mol. The van der Waals surface area contributed by atoms with Crippen LogP contribution >= 0.6 is 0 Å². The first-order chi connectivity index (χ1) is 10.7. The topological polar surface area (TPSA) is 55.8 Å². The van der Waals surface area contributed by atoms with Gasteiger partial charge in [-0.2, -0.15) is 0 Å². The summed E-state index contributed by atoms with van der Waals surface area (Å²) >= 11 is 0.